The number of aryl methyl sites for hydroxylation is 1. The molecule has 168 valence electrons. The first-order valence-electron chi connectivity index (χ1n) is 10.6. The van der Waals surface area contributed by atoms with Crippen molar-refractivity contribution in [1.82, 2.24) is 4.72 Å². The van der Waals surface area contributed by atoms with Gasteiger partial charge in [-0.1, -0.05) is 36.4 Å². The number of carbonyl (C=O) groups is 1. The van der Waals surface area contributed by atoms with Gasteiger partial charge < -0.3 is 9.15 Å². The summed E-state index contributed by atoms with van der Waals surface area (Å²) in [6.45, 7) is 1.55. The Kier molecular flexibility index (Phi) is 5.26. The van der Waals surface area contributed by atoms with E-state index in [1.165, 1.54) is 18.2 Å². The van der Waals surface area contributed by atoms with Gasteiger partial charge in [0, 0.05) is 23.1 Å². The van der Waals surface area contributed by atoms with E-state index in [2.05, 4.69) is 4.72 Å². The van der Waals surface area contributed by atoms with Crippen LogP contribution in [0.3, 0.4) is 0 Å². The molecule has 1 aliphatic rings. The van der Waals surface area contributed by atoms with Crippen LogP contribution in [0.25, 0.3) is 21.7 Å². The van der Waals surface area contributed by atoms with Crippen LogP contribution in [0.5, 0.6) is 0 Å². The molecule has 3 aromatic carbocycles. The molecule has 0 saturated heterocycles. The van der Waals surface area contributed by atoms with Crippen molar-refractivity contribution in [3.05, 3.63) is 87.8 Å². The highest BCUT2D eigenvalue weighted by atomic mass is 32.2. The molecule has 1 N–H and O–H groups in total. The van der Waals surface area contributed by atoms with E-state index >= 15 is 0 Å². The fraction of sp³-hybridized carbons (Fsp3) is 0.200. The fourth-order valence-electron chi connectivity index (χ4n) is 3.83. The van der Waals surface area contributed by atoms with Crippen LogP contribution in [0, 0.1) is 6.92 Å². The highest BCUT2D eigenvalue weighted by Gasteiger charge is 2.28. The molecule has 1 heterocycles. The highest BCUT2D eigenvalue weighted by Crippen LogP contribution is 2.28. The molecule has 0 amide bonds. The summed E-state index contributed by atoms with van der Waals surface area (Å²) in [7, 11) is -3.71. The molecule has 0 atom stereocenters. The number of ether oxygens (including phenoxy) is 1. The molecule has 1 saturated carbocycles. The molecule has 0 unspecified atom stereocenters. The second-order valence-corrected chi connectivity index (χ2v) is 9.91. The number of fused-ring (bicyclic) bond motifs is 3. The van der Waals surface area contributed by atoms with E-state index in [4.69, 9.17) is 9.15 Å². The van der Waals surface area contributed by atoms with Crippen LogP contribution in [0.4, 0.5) is 0 Å². The first-order chi connectivity index (χ1) is 15.8. The molecule has 0 radical (unpaired) electrons. The number of benzene rings is 3. The maximum absolute atomic E-state index is 12.9. The first kappa shape index (κ1) is 21.4. The van der Waals surface area contributed by atoms with Crippen molar-refractivity contribution in [3.63, 3.8) is 0 Å². The Hall–Kier alpha value is -3.49. The summed E-state index contributed by atoms with van der Waals surface area (Å²) in [6.07, 6.45) is 1.63. The lowest BCUT2D eigenvalue weighted by Gasteiger charge is -2.12. The van der Waals surface area contributed by atoms with Crippen LogP contribution in [0.2, 0.25) is 0 Å². The van der Waals surface area contributed by atoms with Crippen molar-refractivity contribution < 1.29 is 22.4 Å². The molecule has 1 fully saturated rings. The monoisotopic (exact) mass is 463 g/mol. The van der Waals surface area contributed by atoms with Gasteiger partial charge in [0.25, 0.3) is 0 Å². The summed E-state index contributed by atoms with van der Waals surface area (Å²) in [5.74, 6) is -0.669. The largest absolute Gasteiger partial charge is 0.457 e. The molecule has 0 bridgehead atoms. The summed E-state index contributed by atoms with van der Waals surface area (Å²) in [5.41, 5.74) is 1.13. The molecular weight excluding hydrogens is 442 g/mol. The maximum Gasteiger partial charge on any atom is 0.338 e. The third-order valence-corrected chi connectivity index (χ3v) is 7.23. The number of nitrogens with one attached hydrogen (secondary N) is 1. The van der Waals surface area contributed by atoms with E-state index in [0.29, 0.717) is 22.1 Å². The van der Waals surface area contributed by atoms with Gasteiger partial charge in [-0.25, -0.2) is 22.7 Å². The minimum Gasteiger partial charge on any atom is -0.457 e. The van der Waals surface area contributed by atoms with Crippen LogP contribution in [-0.4, -0.2) is 20.4 Å². The predicted octanol–water partition coefficient (Wildman–Crippen LogP) is 4.05. The van der Waals surface area contributed by atoms with E-state index in [0.717, 1.165) is 23.6 Å². The van der Waals surface area contributed by atoms with Crippen molar-refractivity contribution in [2.24, 2.45) is 0 Å². The molecule has 1 aromatic heterocycles. The highest BCUT2D eigenvalue weighted by molar-refractivity contribution is 7.89. The summed E-state index contributed by atoms with van der Waals surface area (Å²) < 4.78 is 38.6. The Bertz CT molecular complexity index is 1570. The Balaban J connectivity index is 1.47. The number of esters is 1. The van der Waals surface area contributed by atoms with Crippen molar-refractivity contribution in [1.29, 1.82) is 0 Å². The van der Waals surface area contributed by atoms with Gasteiger partial charge in [-0.3, -0.25) is 0 Å². The van der Waals surface area contributed by atoms with Gasteiger partial charge in [0.15, 0.2) is 0 Å². The number of hydrogen-bond acceptors (Lipinski definition) is 6. The zero-order valence-electron chi connectivity index (χ0n) is 17.8. The van der Waals surface area contributed by atoms with Crippen LogP contribution in [-0.2, 0) is 21.4 Å². The number of rotatable bonds is 6. The van der Waals surface area contributed by atoms with E-state index in [1.807, 2.05) is 30.3 Å². The average Bonchev–Trinajstić information content (AvgIpc) is 3.60. The summed E-state index contributed by atoms with van der Waals surface area (Å²) >= 11 is 0. The molecule has 0 spiro atoms. The van der Waals surface area contributed by atoms with Gasteiger partial charge in [0.2, 0.25) is 10.0 Å². The topological polar surface area (TPSA) is 103 Å². The molecular formula is C25H21NO6S. The zero-order chi connectivity index (χ0) is 23.2. The molecule has 4 aromatic rings. The molecule has 0 aliphatic heterocycles. The molecule has 7 nitrogen and oxygen atoms in total. The minimum atomic E-state index is -3.71. The minimum absolute atomic E-state index is 0.0174. The van der Waals surface area contributed by atoms with E-state index in [9.17, 15) is 18.0 Å². The molecule has 1 aliphatic carbocycles. The Morgan fingerprint density at radius 3 is 2.67 bits per heavy atom. The summed E-state index contributed by atoms with van der Waals surface area (Å²) in [5, 5.41) is 2.53. The van der Waals surface area contributed by atoms with Crippen molar-refractivity contribution in [2.45, 2.75) is 37.3 Å². The van der Waals surface area contributed by atoms with Gasteiger partial charge in [-0.2, -0.15) is 0 Å². The Morgan fingerprint density at radius 2 is 1.88 bits per heavy atom. The zero-order valence-corrected chi connectivity index (χ0v) is 18.6. The fourth-order valence-corrected chi connectivity index (χ4v) is 5.16. The molecule has 5 rings (SSSR count). The predicted molar refractivity (Wildman–Crippen MR) is 124 cm³/mol. The Morgan fingerprint density at radius 1 is 1.09 bits per heavy atom. The smallest absolute Gasteiger partial charge is 0.338 e. The van der Waals surface area contributed by atoms with Crippen LogP contribution < -0.4 is 10.3 Å². The maximum atomic E-state index is 12.9. The molecule has 8 heteroatoms. The van der Waals surface area contributed by atoms with Crippen LogP contribution in [0.1, 0.15) is 34.3 Å². The molecule has 33 heavy (non-hydrogen) atoms. The lowest BCUT2D eigenvalue weighted by molar-refractivity contribution is 0.0472. The van der Waals surface area contributed by atoms with Gasteiger partial charge in [-0.05, 0) is 54.3 Å². The average molecular weight is 464 g/mol. The van der Waals surface area contributed by atoms with E-state index in [-0.39, 0.29) is 23.1 Å². The number of hydrogen-bond donors (Lipinski definition) is 1. The van der Waals surface area contributed by atoms with Crippen molar-refractivity contribution in [3.8, 4) is 0 Å². The first-order valence-corrected chi connectivity index (χ1v) is 12.0. The van der Waals surface area contributed by atoms with Gasteiger partial charge in [-0.15, -0.1) is 0 Å². The standard InChI is InChI=1S/C25H21NO6S/c1-15-6-10-19(33(29,30)26-18-8-9-18)13-21(15)25(28)31-14-17-12-23(27)32-22-11-7-16-4-2-3-5-20(16)24(17)22/h2-7,10-13,18,26H,8-9,14H2,1H3. The third kappa shape index (κ3) is 4.27. The second-order valence-electron chi connectivity index (χ2n) is 8.20. The summed E-state index contributed by atoms with van der Waals surface area (Å²) in [6, 6.07) is 16.9. The van der Waals surface area contributed by atoms with Crippen molar-refractivity contribution in [2.75, 3.05) is 0 Å². The Labute approximate surface area is 190 Å². The summed E-state index contributed by atoms with van der Waals surface area (Å²) in [4.78, 5) is 25.0. The lowest BCUT2D eigenvalue weighted by Crippen LogP contribution is -2.26. The third-order valence-electron chi connectivity index (χ3n) is 5.71. The van der Waals surface area contributed by atoms with Gasteiger partial charge in [0.1, 0.15) is 12.2 Å². The second kappa shape index (κ2) is 8.13. The van der Waals surface area contributed by atoms with E-state index < -0.39 is 21.6 Å². The number of sulfonamides is 1. The van der Waals surface area contributed by atoms with Crippen LogP contribution in [0.15, 0.2) is 74.8 Å². The van der Waals surface area contributed by atoms with Crippen LogP contribution >= 0.6 is 0 Å². The van der Waals surface area contributed by atoms with Gasteiger partial charge in [0.05, 0.1) is 10.5 Å². The normalized spacial score (nSPS) is 14.0. The SMILES string of the molecule is Cc1ccc(S(=O)(=O)NC2CC2)cc1C(=O)OCc1cc(=O)oc2ccc3ccccc3c12. The van der Waals surface area contributed by atoms with E-state index in [1.54, 1.807) is 19.1 Å². The number of carbonyl (C=O) groups excluding carboxylic acids is 1. The van der Waals surface area contributed by atoms with Crippen molar-refractivity contribution >= 4 is 37.7 Å². The lowest BCUT2D eigenvalue weighted by atomic mass is 10.0. The quantitative estimate of drug-likeness (QED) is 0.263. The van der Waals surface area contributed by atoms with Gasteiger partial charge >= 0.3 is 11.6 Å².